The van der Waals surface area contributed by atoms with Gasteiger partial charge in [0.05, 0.1) is 11.0 Å². The maximum absolute atomic E-state index is 13.0. The fourth-order valence-corrected chi connectivity index (χ4v) is 5.01. The van der Waals surface area contributed by atoms with Crippen molar-refractivity contribution in [3.05, 3.63) is 52.1 Å². The molecule has 2 aromatic rings. The maximum Gasteiger partial charge on any atom is 0.273 e. The summed E-state index contributed by atoms with van der Waals surface area (Å²) in [4.78, 5) is 15.1. The Morgan fingerprint density at radius 2 is 1.97 bits per heavy atom. The zero-order chi connectivity index (χ0) is 23.8. The second-order valence-electron chi connectivity index (χ2n) is 9.20. The molecule has 0 atom stereocenters. The maximum atomic E-state index is 13.0. The Balaban J connectivity index is 1.75. The van der Waals surface area contributed by atoms with Crippen molar-refractivity contribution in [2.75, 3.05) is 32.5 Å². The molecular weight excluding hydrogens is 478 g/mol. The number of aryl methyl sites for hydroxylation is 1. The van der Waals surface area contributed by atoms with Gasteiger partial charge in [0.15, 0.2) is 5.69 Å². The Morgan fingerprint density at radius 1 is 1.24 bits per heavy atom. The molecule has 0 unspecified atom stereocenters. The van der Waals surface area contributed by atoms with Gasteiger partial charge >= 0.3 is 0 Å². The highest BCUT2D eigenvalue weighted by Crippen LogP contribution is 2.31. The largest absolute Gasteiger partial charge is 0.351 e. The van der Waals surface area contributed by atoms with Crippen LogP contribution in [-0.2, 0) is 13.0 Å². The van der Waals surface area contributed by atoms with Crippen LogP contribution in [0.4, 0.5) is 5.82 Å². The van der Waals surface area contributed by atoms with Gasteiger partial charge in [0.1, 0.15) is 5.82 Å². The molecular formula is C26H38BrN5O. The van der Waals surface area contributed by atoms with Gasteiger partial charge < -0.3 is 15.5 Å². The summed E-state index contributed by atoms with van der Waals surface area (Å²) < 4.78 is 2.53. The number of aromatic nitrogens is 2. The number of likely N-dealkylation sites (N-methyl/N-ethyl adjacent to an activating group) is 1. The molecule has 1 aliphatic rings. The monoisotopic (exact) mass is 515 g/mol. The topological polar surface area (TPSA) is 62.2 Å². The number of anilines is 1. The summed E-state index contributed by atoms with van der Waals surface area (Å²) in [6.07, 6.45) is 8.53. The number of nitrogens with zero attached hydrogens (tertiary/aromatic N) is 3. The SMILES string of the molecule is C=C(Nc1c(Br)c(C(=O)NCCC2CCCCC2)nn1CCN(C)C)c1ccccc1CC. The standard InChI is InChI=1S/C26H38BrN5O/c1-5-21-13-9-10-14-22(21)19(2)29-25-23(27)24(30-32(25)18-17-31(3)4)26(33)28-16-15-20-11-7-6-8-12-20/h9-10,13-14,20,29H,2,5-8,11-12,15-18H2,1,3-4H3,(H,28,33). The fourth-order valence-electron chi connectivity index (χ4n) is 4.44. The van der Waals surface area contributed by atoms with Gasteiger partial charge in [-0.2, -0.15) is 5.10 Å². The van der Waals surface area contributed by atoms with Crippen molar-refractivity contribution in [1.29, 1.82) is 0 Å². The molecule has 0 saturated heterocycles. The highest BCUT2D eigenvalue weighted by Gasteiger charge is 2.23. The first kappa shape index (κ1) is 25.5. The Morgan fingerprint density at radius 3 is 2.67 bits per heavy atom. The second kappa shape index (κ2) is 12.4. The smallest absolute Gasteiger partial charge is 0.273 e. The lowest BCUT2D eigenvalue weighted by atomic mass is 9.87. The summed E-state index contributed by atoms with van der Waals surface area (Å²) in [5, 5.41) is 11.2. The minimum absolute atomic E-state index is 0.135. The van der Waals surface area contributed by atoms with E-state index in [1.165, 1.54) is 37.7 Å². The molecule has 1 aromatic carbocycles. The van der Waals surface area contributed by atoms with Crippen LogP contribution < -0.4 is 10.6 Å². The Labute approximate surface area is 206 Å². The molecule has 7 heteroatoms. The third-order valence-electron chi connectivity index (χ3n) is 6.42. The van der Waals surface area contributed by atoms with Crippen molar-refractivity contribution < 1.29 is 4.79 Å². The molecule has 3 rings (SSSR count). The number of halogens is 1. The molecule has 1 aromatic heterocycles. The third kappa shape index (κ3) is 6.93. The van der Waals surface area contributed by atoms with Gasteiger partial charge in [-0.25, -0.2) is 4.68 Å². The van der Waals surface area contributed by atoms with Gasteiger partial charge in [0.25, 0.3) is 5.91 Å². The van der Waals surface area contributed by atoms with Crippen molar-refractivity contribution >= 4 is 33.4 Å². The van der Waals surface area contributed by atoms with Gasteiger partial charge in [-0.1, -0.05) is 69.9 Å². The Hall–Kier alpha value is -2.12. The molecule has 0 bridgehead atoms. The van der Waals surface area contributed by atoms with Crippen LogP contribution in [0.3, 0.4) is 0 Å². The zero-order valence-electron chi connectivity index (χ0n) is 20.3. The van der Waals surface area contributed by atoms with E-state index in [4.69, 9.17) is 0 Å². The molecule has 33 heavy (non-hydrogen) atoms. The first-order valence-electron chi connectivity index (χ1n) is 12.1. The van der Waals surface area contributed by atoms with Crippen LogP contribution in [0.2, 0.25) is 0 Å². The summed E-state index contributed by atoms with van der Waals surface area (Å²) in [7, 11) is 4.06. The van der Waals surface area contributed by atoms with Crippen LogP contribution in [0.1, 0.15) is 67.1 Å². The molecule has 1 amide bonds. The molecule has 0 aliphatic heterocycles. The number of nitrogens with one attached hydrogen (secondary N) is 2. The van der Waals surface area contributed by atoms with Gasteiger partial charge in [-0.15, -0.1) is 0 Å². The van der Waals surface area contributed by atoms with E-state index >= 15 is 0 Å². The summed E-state index contributed by atoms with van der Waals surface area (Å²) in [5.74, 6) is 1.36. The van der Waals surface area contributed by atoms with Gasteiger partial charge in [-0.05, 0) is 54.3 Å². The Kier molecular flexibility index (Phi) is 9.56. The molecule has 1 saturated carbocycles. The first-order chi connectivity index (χ1) is 15.9. The molecule has 0 radical (unpaired) electrons. The highest BCUT2D eigenvalue weighted by atomic mass is 79.9. The number of carbonyl (C=O) groups excluding carboxylic acids is 1. The van der Waals surface area contributed by atoms with Crippen LogP contribution in [0.15, 0.2) is 35.3 Å². The van der Waals surface area contributed by atoms with Crippen molar-refractivity contribution in [1.82, 2.24) is 20.0 Å². The average Bonchev–Trinajstić information content (AvgIpc) is 3.13. The fraction of sp³-hybridized carbons (Fsp3) is 0.538. The summed E-state index contributed by atoms with van der Waals surface area (Å²) in [5.41, 5.74) is 3.51. The quantitative estimate of drug-likeness (QED) is 0.411. The van der Waals surface area contributed by atoms with E-state index in [0.29, 0.717) is 23.3 Å². The lowest BCUT2D eigenvalue weighted by molar-refractivity contribution is 0.0943. The van der Waals surface area contributed by atoms with Crippen LogP contribution in [0.25, 0.3) is 5.70 Å². The molecule has 1 fully saturated rings. The van der Waals surface area contributed by atoms with E-state index in [9.17, 15) is 4.79 Å². The average molecular weight is 517 g/mol. The summed E-state index contributed by atoms with van der Waals surface area (Å²) in [6.45, 7) is 8.58. The number of amides is 1. The predicted molar refractivity (Wildman–Crippen MR) is 140 cm³/mol. The number of carbonyl (C=O) groups is 1. The molecule has 2 N–H and O–H groups in total. The van der Waals surface area contributed by atoms with E-state index in [-0.39, 0.29) is 5.91 Å². The van der Waals surface area contributed by atoms with Gasteiger partial charge in [-0.3, -0.25) is 4.79 Å². The van der Waals surface area contributed by atoms with Crippen LogP contribution in [0.5, 0.6) is 0 Å². The lowest BCUT2D eigenvalue weighted by Gasteiger charge is -2.21. The third-order valence-corrected chi connectivity index (χ3v) is 7.18. The van der Waals surface area contributed by atoms with Crippen LogP contribution in [-0.4, -0.2) is 47.8 Å². The van der Waals surface area contributed by atoms with Crippen LogP contribution in [0, 0.1) is 5.92 Å². The van der Waals surface area contributed by atoms with E-state index in [1.54, 1.807) is 0 Å². The molecule has 1 heterocycles. The molecule has 1 aliphatic carbocycles. The van der Waals surface area contributed by atoms with Crippen LogP contribution >= 0.6 is 15.9 Å². The minimum atomic E-state index is -0.135. The molecule has 6 nitrogen and oxygen atoms in total. The van der Waals surface area contributed by atoms with Crippen molar-refractivity contribution in [2.24, 2.45) is 5.92 Å². The van der Waals surface area contributed by atoms with E-state index < -0.39 is 0 Å². The molecule has 0 spiro atoms. The van der Waals surface area contributed by atoms with Gasteiger partial charge in [0, 0.05) is 24.4 Å². The Bertz CT molecular complexity index is 946. The number of benzene rings is 1. The van der Waals surface area contributed by atoms with E-state index in [2.05, 4.69) is 62.2 Å². The minimum Gasteiger partial charge on any atom is -0.351 e. The normalized spacial score (nSPS) is 14.5. The summed E-state index contributed by atoms with van der Waals surface area (Å²) in [6, 6.07) is 8.25. The summed E-state index contributed by atoms with van der Waals surface area (Å²) >= 11 is 3.65. The molecule has 180 valence electrons. The predicted octanol–water partition coefficient (Wildman–Crippen LogP) is 5.55. The van der Waals surface area contributed by atoms with Crippen molar-refractivity contribution in [3.8, 4) is 0 Å². The zero-order valence-corrected chi connectivity index (χ0v) is 21.9. The number of hydrogen-bond acceptors (Lipinski definition) is 4. The highest BCUT2D eigenvalue weighted by molar-refractivity contribution is 9.10. The van der Waals surface area contributed by atoms with Crippen molar-refractivity contribution in [3.63, 3.8) is 0 Å². The number of hydrogen-bond donors (Lipinski definition) is 2. The lowest BCUT2D eigenvalue weighted by Crippen LogP contribution is -2.27. The van der Waals surface area contributed by atoms with E-state index in [1.807, 2.05) is 30.9 Å². The van der Waals surface area contributed by atoms with E-state index in [0.717, 1.165) is 42.4 Å². The first-order valence-corrected chi connectivity index (χ1v) is 12.9. The van der Waals surface area contributed by atoms with Gasteiger partial charge in [0.2, 0.25) is 0 Å². The van der Waals surface area contributed by atoms with Crippen molar-refractivity contribution in [2.45, 2.75) is 58.4 Å². The second-order valence-corrected chi connectivity index (χ2v) is 9.99. The number of rotatable bonds is 11.